The first kappa shape index (κ1) is 35.2. The first-order chi connectivity index (χ1) is 30.3. The van der Waals surface area contributed by atoms with Crippen LogP contribution < -0.4 is 4.90 Å². The average Bonchev–Trinajstić information content (AvgIpc) is 3.91. The van der Waals surface area contributed by atoms with Gasteiger partial charge in [0.05, 0.1) is 11.4 Å². The van der Waals surface area contributed by atoms with Gasteiger partial charge in [-0.2, -0.15) is 0 Å². The summed E-state index contributed by atoms with van der Waals surface area (Å²) in [6, 6.07) is 81.3. The van der Waals surface area contributed by atoms with Crippen molar-refractivity contribution in [3.05, 3.63) is 224 Å². The molecule has 0 saturated heterocycles. The number of anilines is 3. The van der Waals surface area contributed by atoms with Crippen molar-refractivity contribution in [3.63, 3.8) is 0 Å². The van der Waals surface area contributed by atoms with E-state index in [2.05, 4.69) is 223 Å². The van der Waals surface area contributed by atoms with E-state index < -0.39 is 0 Å². The summed E-state index contributed by atoms with van der Waals surface area (Å²) in [5.74, 6) is 0. The summed E-state index contributed by atoms with van der Waals surface area (Å²) >= 11 is 1.86. The van der Waals surface area contributed by atoms with Gasteiger partial charge in [-0.3, -0.25) is 0 Å². The molecule has 2 heterocycles. The molecule has 0 aliphatic carbocycles. The van der Waals surface area contributed by atoms with Crippen molar-refractivity contribution >= 4 is 81.3 Å². The molecule has 0 aliphatic rings. The van der Waals surface area contributed by atoms with Gasteiger partial charge in [0.15, 0.2) is 0 Å². The van der Waals surface area contributed by atoms with Crippen molar-refractivity contribution in [1.82, 2.24) is 0 Å². The van der Waals surface area contributed by atoms with Crippen LogP contribution in [0.25, 0.3) is 97.4 Å². The van der Waals surface area contributed by atoms with E-state index in [9.17, 15) is 0 Å². The fraction of sp³-hybridized carbons (Fsp3) is 0. The van der Waals surface area contributed by atoms with Crippen LogP contribution in [0, 0.1) is 0 Å². The number of rotatable bonds is 7. The smallest absolute Gasteiger partial charge is 0.143 e. The Morgan fingerprint density at radius 2 is 0.885 bits per heavy atom. The van der Waals surface area contributed by atoms with Gasteiger partial charge in [0.25, 0.3) is 0 Å². The van der Waals surface area contributed by atoms with Gasteiger partial charge in [-0.25, -0.2) is 0 Å². The summed E-state index contributed by atoms with van der Waals surface area (Å²) in [6.07, 6.45) is 0. The molecule has 286 valence electrons. The van der Waals surface area contributed by atoms with Gasteiger partial charge in [-0.1, -0.05) is 182 Å². The normalized spacial score (nSPS) is 11.6. The van der Waals surface area contributed by atoms with E-state index in [0.717, 1.165) is 55.7 Å². The number of benzene rings is 10. The minimum Gasteiger partial charge on any atom is -0.455 e. The van der Waals surface area contributed by atoms with Crippen molar-refractivity contribution in [1.29, 1.82) is 0 Å². The molecule has 2 nitrogen and oxygen atoms in total. The molecule has 0 bridgehead atoms. The molecule has 61 heavy (non-hydrogen) atoms. The number of fused-ring (bicyclic) bond motifs is 7. The zero-order valence-corrected chi connectivity index (χ0v) is 33.9. The van der Waals surface area contributed by atoms with Crippen LogP contribution >= 0.6 is 11.3 Å². The van der Waals surface area contributed by atoms with Crippen molar-refractivity contribution in [2.75, 3.05) is 4.90 Å². The summed E-state index contributed by atoms with van der Waals surface area (Å²) in [5.41, 5.74) is 14.3. The second-order valence-electron chi connectivity index (χ2n) is 15.6. The summed E-state index contributed by atoms with van der Waals surface area (Å²) in [5, 5.41) is 7.25. The number of furan rings is 1. The molecule has 0 unspecified atom stereocenters. The van der Waals surface area contributed by atoms with Gasteiger partial charge >= 0.3 is 0 Å². The Bertz CT molecular complexity index is 3610. The van der Waals surface area contributed by atoms with E-state index in [4.69, 9.17) is 4.42 Å². The van der Waals surface area contributed by atoms with Gasteiger partial charge in [0, 0.05) is 53.3 Å². The molecular weight excluding hydrogens is 759 g/mol. The molecule has 0 atom stereocenters. The third kappa shape index (κ3) is 5.85. The Kier molecular flexibility index (Phi) is 8.39. The number of para-hydroxylation sites is 4. The number of hydrogen-bond donors (Lipinski definition) is 0. The van der Waals surface area contributed by atoms with Gasteiger partial charge in [0.2, 0.25) is 0 Å². The van der Waals surface area contributed by atoms with Crippen LogP contribution in [0.1, 0.15) is 0 Å². The van der Waals surface area contributed by atoms with Gasteiger partial charge in [-0.05, 0) is 81.1 Å². The molecule has 0 fully saturated rings. The summed E-state index contributed by atoms with van der Waals surface area (Å²) < 4.78 is 9.18. The zero-order chi connectivity index (χ0) is 40.3. The molecule has 2 aromatic heterocycles. The molecule has 3 heteroatoms. The molecule has 0 N–H and O–H groups in total. The van der Waals surface area contributed by atoms with Crippen molar-refractivity contribution in [2.24, 2.45) is 0 Å². The highest BCUT2D eigenvalue weighted by molar-refractivity contribution is 7.25. The van der Waals surface area contributed by atoms with Crippen LogP contribution in [0.3, 0.4) is 0 Å². The van der Waals surface area contributed by atoms with Crippen LogP contribution in [-0.2, 0) is 0 Å². The molecule has 0 aliphatic heterocycles. The maximum atomic E-state index is 6.61. The number of thiophene rings is 1. The van der Waals surface area contributed by atoms with Gasteiger partial charge < -0.3 is 9.32 Å². The molecule has 10 aromatic carbocycles. The molecular formula is C58H37NOS. The first-order valence-corrected chi connectivity index (χ1v) is 21.6. The first-order valence-electron chi connectivity index (χ1n) is 20.8. The fourth-order valence-electron chi connectivity index (χ4n) is 9.41. The number of nitrogens with zero attached hydrogens (tertiary/aromatic N) is 1. The highest BCUT2D eigenvalue weighted by atomic mass is 32.1. The van der Waals surface area contributed by atoms with Gasteiger partial charge in [-0.15, -0.1) is 11.3 Å². The molecule has 0 amide bonds. The lowest BCUT2D eigenvalue weighted by molar-refractivity contribution is 0.670. The SMILES string of the molecule is c1ccc(-c2cccc3cccc(-c4ccccc4N(c4cccc(-c5cccc6c5oc5ccccc56)c4)c4ccccc4-c4cccc5sc6ccccc6c45)c23)cc1. The molecule has 0 radical (unpaired) electrons. The molecule has 0 saturated carbocycles. The van der Waals surface area contributed by atoms with Crippen molar-refractivity contribution in [3.8, 4) is 44.5 Å². The predicted octanol–water partition coefficient (Wildman–Crippen LogP) is 17.2. The van der Waals surface area contributed by atoms with Crippen LogP contribution in [-0.4, -0.2) is 0 Å². The summed E-state index contributed by atoms with van der Waals surface area (Å²) in [6.45, 7) is 0. The van der Waals surface area contributed by atoms with Crippen molar-refractivity contribution in [2.45, 2.75) is 0 Å². The molecule has 0 spiro atoms. The standard InChI is InChI=1S/C58H37NOS/c1-2-17-38(18-3-1)42-27-13-19-39-20-14-29-47(56(39)42)44-23-4-8-32-51(44)59(41-22-12-21-40(37-41)43-28-15-31-49-46-25-6-10-34-53(46)60-58(43)49)52-33-9-5-24-45(52)48-30-16-36-55-57(48)50-26-7-11-35-54(50)61-55/h1-37H. The maximum Gasteiger partial charge on any atom is 0.143 e. The second kappa shape index (κ2) is 14.5. The fourth-order valence-corrected chi connectivity index (χ4v) is 10.5. The predicted molar refractivity (Wildman–Crippen MR) is 261 cm³/mol. The molecule has 12 aromatic rings. The third-order valence-electron chi connectivity index (χ3n) is 12.1. The Morgan fingerprint density at radius 1 is 0.344 bits per heavy atom. The van der Waals surface area contributed by atoms with E-state index in [1.807, 2.05) is 17.4 Å². The second-order valence-corrected chi connectivity index (χ2v) is 16.6. The largest absolute Gasteiger partial charge is 0.455 e. The minimum atomic E-state index is 0.894. The summed E-state index contributed by atoms with van der Waals surface area (Å²) in [4.78, 5) is 2.48. The quantitative estimate of drug-likeness (QED) is 0.160. The van der Waals surface area contributed by atoms with E-state index in [-0.39, 0.29) is 0 Å². The third-order valence-corrected chi connectivity index (χ3v) is 13.2. The van der Waals surface area contributed by atoms with Crippen LogP contribution in [0.2, 0.25) is 0 Å². The lowest BCUT2D eigenvalue weighted by Gasteiger charge is -2.30. The zero-order valence-electron chi connectivity index (χ0n) is 33.1. The topological polar surface area (TPSA) is 16.4 Å². The molecule has 12 rings (SSSR count). The van der Waals surface area contributed by atoms with Gasteiger partial charge in [0.1, 0.15) is 11.2 Å². The van der Waals surface area contributed by atoms with Crippen LogP contribution in [0.5, 0.6) is 0 Å². The Hall–Kier alpha value is -7.72. The van der Waals surface area contributed by atoms with E-state index in [0.29, 0.717) is 0 Å². The van der Waals surface area contributed by atoms with E-state index >= 15 is 0 Å². The highest BCUT2D eigenvalue weighted by Gasteiger charge is 2.24. The Morgan fingerprint density at radius 3 is 1.69 bits per heavy atom. The van der Waals surface area contributed by atoms with E-state index in [1.54, 1.807) is 0 Å². The van der Waals surface area contributed by atoms with E-state index in [1.165, 1.54) is 58.8 Å². The number of hydrogen-bond acceptors (Lipinski definition) is 3. The Labute approximate surface area is 357 Å². The maximum absolute atomic E-state index is 6.61. The average molecular weight is 796 g/mol. The van der Waals surface area contributed by atoms with Crippen molar-refractivity contribution < 1.29 is 4.42 Å². The Balaban J connectivity index is 1.13. The van der Waals surface area contributed by atoms with Crippen LogP contribution in [0.4, 0.5) is 17.1 Å². The lowest BCUT2D eigenvalue weighted by Crippen LogP contribution is -2.12. The lowest BCUT2D eigenvalue weighted by atomic mass is 9.90. The van der Waals surface area contributed by atoms with Crippen LogP contribution in [0.15, 0.2) is 229 Å². The minimum absolute atomic E-state index is 0.894. The highest BCUT2D eigenvalue weighted by Crippen LogP contribution is 2.50. The monoisotopic (exact) mass is 795 g/mol. The summed E-state index contributed by atoms with van der Waals surface area (Å²) in [7, 11) is 0.